The quantitative estimate of drug-likeness (QED) is 0.871. The lowest BCUT2D eigenvalue weighted by molar-refractivity contribution is -0.126. The van der Waals surface area contributed by atoms with E-state index in [1.54, 1.807) is 0 Å². The van der Waals surface area contributed by atoms with Crippen LogP contribution in [0, 0.1) is 0 Å². The molecule has 1 saturated heterocycles. The van der Waals surface area contributed by atoms with Crippen LogP contribution in [0.4, 0.5) is 5.82 Å². The number of carbonyl (C=O) groups is 1. The number of carbonyl (C=O) groups excluding carboxylic acids is 1. The molecule has 0 aromatic carbocycles. The fourth-order valence-electron chi connectivity index (χ4n) is 3.82. The lowest BCUT2D eigenvalue weighted by Crippen LogP contribution is -2.34. The zero-order chi connectivity index (χ0) is 16.8. The Morgan fingerprint density at radius 2 is 1.88 bits per heavy atom. The molecule has 1 amide bonds. The highest BCUT2D eigenvalue weighted by atomic mass is 16.3. The van der Waals surface area contributed by atoms with Gasteiger partial charge in [0.25, 0.3) is 0 Å². The number of anilines is 1. The summed E-state index contributed by atoms with van der Waals surface area (Å²) in [6, 6.07) is 4.03. The predicted molar refractivity (Wildman–Crippen MR) is 94.8 cm³/mol. The molecule has 24 heavy (non-hydrogen) atoms. The Labute approximate surface area is 144 Å². The molecule has 0 spiro atoms. The van der Waals surface area contributed by atoms with Crippen molar-refractivity contribution in [3.63, 3.8) is 0 Å². The minimum absolute atomic E-state index is 0.0625. The summed E-state index contributed by atoms with van der Waals surface area (Å²) in [6.07, 6.45) is 10.6. The molecular formula is C19H29N3O2. The van der Waals surface area contributed by atoms with Crippen LogP contribution < -0.4 is 10.2 Å². The average molecular weight is 331 g/mol. The van der Waals surface area contributed by atoms with Gasteiger partial charge in [-0.05, 0) is 43.4 Å². The number of hydrogen-bond acceptors (Lipinski definition) is 4. The largest absolute Gasteiger partial charge is 0.389 e. The standard InChI is InChI=1S/C19H29N3O2/c23-18(14-19(24)8-3-4-9-19)21-15-16-7-10-20-17(13-16)22-11-5-1-2-6-12-22/h7,10,13,24H,1-6,8-9,11-12,14-15H2,(H,21,23). The summed E-state index contributed by atoms with van der Waals surface area (Å²) in [5, 5.41) is 13.3. The van der Waals surface area contributed by atoms with Crippen LogP contribution in [0.2, 0.25) is 0 Å². The van der Waals surface area contributed by atoms with E-state index in [2.05, 4.69) is 21.3 Å². The summed E-state index contributed by atoms with van der Waals surface area (Å²) >= 11 is 0. The Morgan fingerprint density at radius 1 is 1.17 bits per heavy atom. The van der Waals surface area contributed by atoms with Gasteiger partial charge in [0.1, 0.15) is 5.82 Å². The molecule has 1 aromatic rings. The smallest absolute Gasteiger partial charge is 0.223 e. The molecule has 1 aliphatic heterocycles. The van der Waals surface area contributed by atoms with E-state index >= 15 is 0 Å². The van der Waals surface area contributed by atoms with E-state index in [-0.39, 0.29) is 12.3 Å². The molecule has 0 atom stereocenters. The second-order valence-corrected chi connectivity index (χ2v) is 7.31. The molecule has 1 aromatic heterocycles. The predicted octanol–water partition coefficient (Wildman–Crippen LogP) is 2.77. The SMILES string of the molecule is O=C(CC1(O)CCCC1)NCc1ccnc(N2CCCCCC2)c1. The van der Waals surface area contributed by atoms with Crippen LogP contribution >= 0.6 is 0 Å². The first-order valence-corrected chi connectivity index (χ1v) is 9.34. The van der Waals surface area contributed by atoms with Crippen molar-refractivity contribution < 1.29 is 9.90 Å². The molecule has 0 bridgehead atoms. The minimum atomic E-state index is -0.778. The van der Waals surface area contributed by atoms with Crippen molar-refractivity contribution in [3.05, 3.63) is 23.9 Å². The van der Waals surface area contributed by atoms with Crippen LogP contribution in [0.1, 0.15) is 63.4 Å². The summed E-state index contributed by atoms with van der Waals surface area (Å²) < 4.78 is 0. The van der Waals surface area contributed by atoms with Crippen molar-refractivity contribution in [1.82, 2.24) is 10.3 Å². The lowest BCUT2D eigenvalue weighted by Gasteiger charge is -2.22. The van der Waals surface area contributed by atoms with E-state index < -0.39 is 5.60 Å². The fourth-order valence-corrected chi connectivity index (χ4v) is 3.82. The van der Waals surface area contributed by atoms with Gasteiger partial charge in [-0.2, -0.15) is 0 Å². The number of amides is 1. The van der Waals surface area contributed by atoms with Crippen molar-refractivity contribution in [1.29, 1.82) is 0 Å². The Balaban J connectivity index is 1.53. The third-order valence-electron chi connectivity index (χ3n) is 5.25. The van der Waals surface area contributed by atoms with Gasteiger partial charge in [-0.3, -0.25) is 4.79 Å². The summed E-state index contributed by atoms with van der Waals surface area (Å²) in [5.41, 5.74) is 0.288. The Kier molecular flexibility index (Phi) is 5.72. The maximum absolute atomic E-state index is 12.1. The highest BCUT2D eigenvalue weighted by Gasteiger charge is 2.33. The molecule has 2 aliphatic rings. The van der Waals surface area contributed by atoms with Crippen LogP contribution in [-0.2, 0) is 11.3 Å². The number of rotatable bonds is 5. The van der Waals surface area contributed by atoms with Gasteiger partial charge in [0.05, 0.1) is 12.0 Å². The molecule has 3 rings (SSSR count). The minimum Gasteiger partial charge on any atom is -0.389 e. The van der Waals surface area contributed by atoms with Gasteiger partial charge in [0.2, 0.25) is 5.91 Å². The molecule has 132 valence electrons. The van der Waals surface area contributed by atoms with Gasteiger partial charge in [-0.1, -0.05) is 25.7 Å². The molecule has 5 heteroatoms. The van der Waals surface area contributed by atoms with Crippen LogP contribution in [-0.4, -0.2) is 34.7 Å². The van der Waals surface area contributed by atoms with Gasteiger partial charge in [-0.15, -0.1) is 0 Å². The Bertz CT molecular complexity index is 547. The monoisotopic (exact) mass is 331 g/mol. The third kappa shape index (κ3) is 4.69. The summed E-state index contributed by atoms with van der Waals surface area (Å²) in [6.45, 7) is 2.63. The number of nitrogens with zero attached hydrogens (tertiary/aromatic N) is 2. The normalized spacial score (nSPS) is 20.6. The highest BCUT2D eigenvalue weighted by Crippen LogP contribution is 2.32. The van der Waals surface area contributed by atoms with Gasteiger partial charge in [-0.25, -0.2) is 4.98 Å². The van der Waals surface area contributed by atoms with Crippen molar-refractivity contribution in [3.8, 4) is 0 Å². The zero-order valence-corrected chi connectivity index (χ0v) is 14.5. The molecular weight excluding hydrogens is 302 g/mol. The average Bonchev–Trinajstić information content (AvgIpc) is 2.84. The van der Waals surface area contributed by atoms with Crippen molar-refractivity contribution in [2.24, 2.45) is 0 Å². The van der Waals surface area contributed by atoms with Crippen LogP contribution in [0.15, 0.2) is 18.3 Å². The molecule has 2 heterocycles. The lowest BCUT2D eigenvalue weighted by atomic mass is 9.97. The molecule has 2 fully saturated rings. The zero-order valence-electron chi connectivity index (χ0n) is 14.5. The molecule has 0 unspecified atom stereocenters. The van der Waals surface area contributed by atoms with Crippen molar-refractivity contribution in [2.75, 3.05) is 18.0 Å². The number of nitrogens with one attached hydrogen (secondary N) is 1. The van der Waals surface area contributed by atoms with Crippen LogP contribution in [0.25, 0.3) is 0 Å². The molecule has 1 aliphatic carbocycles. The van der Waals surface area contributed by atoms with Gasteiger partial charge < -0.3 is 15.3 Å². The summed E-state index contributed by atoms with van der Waals surface area (Å²) in [4.78, 5) is 19.0. The molecule has 1 saturated carbocycles. The first-order chi connectivity index (χ1) is 11.6. The fraction of sp³-hybridized carbons (Fsp3) is 0.684. The number of hydrogen-bond donors (Lipinski definition) is 2. The first-order valence-electron chi connectivity index (χ1n) is 9.34. The van der Waals surface area contributed by atoms with Crippen molar-refractivity contribution in [2.45, 2.75) is 69.9 Å². The second-order valence-electron chi connectivity index (χ2n) is 7.31. The number of pyridine rings is 1. The summed E-state index contributed by atoms with van der Waals surface area (Å²) in [5.74, 6) is 0.950. The summed E-state index contributed by atoms with van der Waals surface area (Å²) in [7, 11) is 0. The highest BCUT2D eigenvalue weighted by molar-refractivity contribution is 5.77. The van der Waals surface area contributed by atoms with E-state index in [0.29, 0.717) is 6.54 Å². The van der Waals surface area contributed by atoms with Gasteiger partial charge >= 0.3 is 0 Å². The van der Waals surface area contributed by atoms with Crippen LogP contribution in [0.3, 0.4) is 0 Å². The van der Waals surface area contributed by atoms with E-state index in [0.717, 1.165) is 50.2 Å². The molecule has 5 nitrogen and oxygen atoms in total. The second kappa shape index (κ2) is 7.97. The van der Waals surface area contributed by atoms with Gasteiger partial charge in [0.15, 0.2) is 0 Å². The number of aliphatic hydroxyl groups is 1. The topological polar surface area (TPSA) is 65.5 Å². The van der Waals surface area contributed by atoms with E-state index in [1.807, 2.05) is 12.3 Å². The molecule has 0 radical (unpaired) electrons. The maximum atomic E-state index is 12.1. The number of aromatic nitrogens is 1. The van der Waals surface area contributed by atoms with Crippen LogP contribution in [0.5, 0.6) is 0 Å². The van der Waals surface area contributed by atoms with Crippen molar-refractivity contribution >= 4 is 11.7 Å². The van der Waals surface area contributed by atoms with E-state index in [9.17, 15) is 9.90 Å². The first kappa shape index (κ1) is 17.2. The molecule has 2 N–H and O–H groups in total. The van der Waals surface area contributed by atoms with E-state index in [4.69, 9.17) is 0 Å². The Morgan fingerprint density at radius 3 is 2.58 bits per heavy atom. The Hall–Kier alpha value is -1.62. The van der Waals surface area contributed by atoms with Gasteiger partial charge in [0, 0.05) is 25.8 Å². The van der Waals surface area contributed by atoms with E-state index in [1.165, 1.54) is 25.7 Å². The maximum Gasteiger partial charge on any atom is 0.223 e. The third-order valence-corrected chi connectivity index (χ3v) is 5.25.